The fourth-order valence-corrected chi connectivity index (χ4v) is 5.80. The maximum absolute atomic E-state index is 13.5. The third-order valence-electron chi connectivity index (χ3n) is 7.79. The lowest BCUT2D eigenvalue weighted by atomic mass is 9.70. The molecule has 2 amide bonds. The number of nitrogens with two attached hydrogens (primary N) is 1. The zero-order chi connectivity index (χ0) is 27.6. The smallest absolute Gasteiger partial charge is 0.404 e. The Hall–Kier alpha value is -3.85. The van der Waals surface area contributed by atoms with Gasteiger partial charge in [0, 0.05) is 36.4 Å². The number of anilines is 1. The van der Waals surface area contributed by atoms with Crippen molar-refractivity contribution in [3.8, 4) is 22.4 Å². The third-order valence-corrected chi connectivity index (χ3v) is 7.79. The Bertz CT molecular complexity index is 1330. The molecule has 2 aliphatic carbocycles. The highest BCUT2D eigenvalue weighted by Gasteiger charge is 2.55. The molecule has 0 radical (unpaired) electrons. The molecule has 39 heavy (non-hydrogen) atoms. The van der Waals surface area contributed by atoms with E-state index >= 15 is 0 Å². The fraction of sp³-hybridized carbons (Fsp3) is 0.367. The van der Waals surface area contributed by atoms with Crippen molar-refractivity contribution >= 4 is 17.7 Å². The number of carbonyl (C=O) groups excluding carboxylic acids is 1. The van der Waals surface area contributed by atoms with Gasteiger partial charge in [-0.15, -0.1) is 0 Å². The van der Waals surface area contributed by atoms with E-state index in [2.05, 4.69) is 15.6 Å². The van der Waals surface area contributed by atoms with Gasteiger partial charge in [-0.3, -0.25) is 9.78 Å². The minimum absolute atomic E-state index is 0.0499. The van der Waals surface area contributed by atoms with Crippen LogP contribution in [0.4, 0.5) is 19.3 Å². The van der Waals surface area contributed by atoms with E-state index in [1.54, 1.807) is 18.3 Å². The molecule has 0 saturated heterocycles. The first-order chi connectivity index (χ1) is 18.6. The maximum Gasteiger partial charge on any atom is 0.404 e. The van der Waals surface area contributed by atoms with Gasteiger partial charge in [0.05, 0.1) is 23.1 Å². The van der Waals surface area contributed by atoms with E-state index in [1.807, 2.05) is 48.5 Å². The van der Waals surface area contributed by atoms with Crippen molar-refractivity contribution in [3.05, 3.63) is 72.4 Å². The minimum atomic E-state index is -2.72. The molecule has 5 rings (SSSR count). The normalized spacial score (nSPS) is 21.4. The summed E-state index contributed by atoms with van der Waals surface area (Å²) in [6.45, 7) is 0. The van der Waals surface area contributed by atoms with E-state index in [-0.39, 0.29) is 30.7 Å². The average molecular weight is 535 g/mol. The molecule has 2 fully saturated rings. The molecular formula is C30H32F2N4O3. The van der Waals surface area contributed by atoms with Gasteiger partial charge >= 0.3 is 6.09 Å². The predicted octanol–water partition coefficient (Wildman–Crippen LogP) is 6.15. The monoisotopic (exact) mass is 534 g/mol. The molecule has 7 nitrogen and oxygen atoms in total. The Kier molecular flexibility index (Phi) is 7.36. The Balaban J connectivity index is 1.31. The molecule has 3 aromatic rings. The van der Waals surface area contributed by atoms with E-state index in [9.17, 15) is 18.4 Å². The Morgan fingerprint density at radius 2 is 1.64 bits per heavy atom. The number of pyridine rings is 1. The van der Waals surface area contributed by atoms with Crippen LogP contribution in [0.15, 0.2) is 66.9 Å². The van der Waals surface area contributed by atoms with Crippen LogP contribution < -0.4 is 16.4 Å². The van der Waals surface area contributed by atoms with E-state index in [0.717, 1.165) is 42.4 Å². The Labute approximate surface area is 225 Å². The van der Waals surface area contributed by atoms with Gasteiger partial charge in [-0.05, 0) is 48.8 Å². The number of benzene rings is 2. The van der Waals surface area contributed by atoms with Crippen molar-refractivity contribution in [2.24, 2.45) is 11.7 Å². The van der Waals surface area contributed by atoms with Crippen LogP contribution in [0.2, 0.25) is 0 Å². The third kappa shape index (κ3) is 6.25. The summed E-state index contributed by atoms with van der Waals surface area (Å²) in [7, 11) is 0. The highest BCUT2D eigenvalue weighted by molar-refractivity contribution is 5.93. The van der Waals surface area contributed by atoms with Gasteiger partial charge in [0.2, 0.25) is 5.91 Å². The number of carbonyl (C=O) groups is 2. The fourth-order valence-electron chi connectivity index (χ4n) is 5.80. The van der Waals surface area contributed by atoms with E-state index in [1.165, 1.54) is 0 Å². The first kappa shape index (κ1) is 26.7. The number of carboxylic acid groups (broad SMARTS) is 1. The molecule has 2 aliphatic rings. The molecule has 0 spiro atoms. The average Bonchev–Trinajstić information content (AvgIpc) is 2.89. The molecule has 2 saturated carbocycles. The van der Waals surface area contributed by atoms with Crippen molar-refractivity contribution in [2.45, 2.75) is 62.4 Å². The molecule has 204 valence electrons. The van der Waals surface area contributed by atoms with Crippen LogP contribution in [-0.2, 0) is 10.3 Å². The number of hydrogen-bond donors (Lipinski definition) is 4. The van der Waals surface area contributed by atoms with E-state index in [0.29, 0.717) is 23.4 Å². The summed E-state index contributed by atoms with van der Waals surface area (Å²) in [6, 6.07) is 18.8. The van der Waals surface area contributed by atoms with E-state index < -0.39 is 17.6 Å². The Morgan fingerprint density at radius 1 is 0.974 bits per heavy atom. The second kappa shape index (κ2) is 10.7. The molecule has 1 heterocycles. The quantitative estimate of drug-likeness (QED) is 0.290. The topological polar surface area (TPSA) is 117 Å². The number of alkyl halides is 2. The largest absolute Gasteiger partial charge is 0.465 e. The minimum Gasteiger partial charge on any atom is -0.465 e. The first-order valence-corrected chi connectivity index (χ1v) is 13.2. The lowest BCUT2D eigenvalue weighted by Gasteiger charge is -2.44. The van der Waals surface area contributed by atoms with Crippen LogP contribution in [0, 0.1) is 5.92 Å². The van der Waals surface area contributed by atoms with Crippen LogP contribution in [-0.4, -0.2) is 34.1 Å². The molecule has 2 aromatic carbocycles. The summed E-state index contributed by atoms with van der Waals surface area (Å²) in [5, 5.41) is 14.4. The predicted molar refractivity (Wildman–Crippen MR) is 145 cm³/mol. The van der Waals surface area contributed by atoms with E-state index in [4.69, 9.17) is 10.8 Å². The highest BCUT2D eigenvalue weighted by atomic mass is 19.3. The number of nitrogens with zero attached hydrogens (tertiary/aromatic N) is 1. The first-order valence-electron chi connectivity index (χ1n) is 13.2. The summed E-state index contributed by atoms with van der Waals surface area (Å²) in [5.41, 5.74) is 9.73. The van der Waals surface area contributed by atoms with Crippen molar-refractivity contribution in [1.82, 2.24) is 10.3 Å². The van der Waals surface area contributed by atoms with Gasteiger partial charge in [0.15, 0.2) is 0 Å². The number of halogens is 2. The number of amides is 2. The highest BCUT2D eigenvalue weighted by Crippen LogP contribution is 2.50. The van der Waals surface area contributed by atoms with Gasteiger partial charge in [-0.2, -0.15) is 0 Å². The molecule has 0 atom stereocenters. The zero-order valence-electron chi connectivity index (χ0n) is 21.5. The molecular weight excluding hydrogens is 502 g/mol. The van der Waals surface area contributed by atoms with Crippen molar-refractivity contribution in [1.29, 1.82) is 0 Å². The van der Waals surface area contributed by atoms with Crippen LogP contribution in [0.3, 0.4) is 0 Å². The van der Waals surface area contributed by atoms with Gasteiger partial charge in [0.25, 0.3) is 5.92 Å². The van der Waals surface area contributed by atoms with Crippen molar-refractivity contribution < 1.29 is 23.5 Å². The van der Waals surface area contributed by atoms with Crippen LogP contribution in [0.1, 0.15) is 50.5 Å². The van der Waals surface area contributed by atoms with Gasteiger partial charge in [-0.25, -0.2) is 13.6 Å². The lowest BCUT2D eigenvalue weighted by molar-refractivity contribution is -0.125. The van der Waals surface area contributed by atoms with Crippen LogP contribution >= 0.6 is 0 Å². The van der Waals surface area contributed by atoms with Crippen LogP contribution in [0.5, 0.6) is 0 Å². The number of aromatic nitrogens is 1. The van der Waals surface area contributed by atoms with Crippen molar-refractivity contribution in [3.63, 3.8) is 0 Å². The number of hydrogen-bond acceptors (Lipinski definition) is 4. The SMILES string of the molecule is NC1(c2ccc(-c3ncc(NC(=O)C[C@H]4CC[C@H](NC(=O)O)CC4)cc3-c3ccccc3)cc2)CC(F)(F)C1. The molecule has 9 heteroatoms. The zero-order valence-corrected chi connectivity index (χ0v) is 21.5. The second-order valence-electron chi connectivity index (χ2n) is 10.8. The second-order valence-corrected chi connectivity index (χ2v) is 10.8. The van der Waals surface area contributed by atoms with Gasteiger partial charge in [-0.1, -0.05) is 54.6 Å². The molecule has 0 unspecified atom stereocenters. The molecule has 0 aliphatic heterocycles. The number of rotatable bonds is 7. The molecule has 0 bridgehead atoms. The van der Waals surface area contributed by atoms with Gasteiger partial charge < -0.3 is 21.5 Å². The standard InChI is InChI=1S/C30H32F2N4O3/c31-30(32)17-29(33,18-30)22-10-8-21(9-11-22)27-25(20-4-2-1-3-5-20)15-24(16-34-27)35-26(37)14-19-6-12-23(13-7-19)36-28(38)39/h1-5,8-11,15-16,19,23,36H,6-7,12-14,17-18,33H2,(H,35,37)(H,38,39)/t19-,23-. The molecule has 5 N–H and O–H groups in total. The summed E-state index contributed by atoms with van der Waals surface area (Å²) in [6.07, 6.45) is 3.30. The molecule has 1 aromatic heterocycles. The number of nitrogens with one attached hydrogen (secondary N) is 2. The summed E-state index contributed by atoms with van der Waals surface area (Å²) in [5.74, 6) is -2.61. The summed E-state index contributed by atoms with van der Waals surface area (Å²) >= 11 is 0. The summed E-state index contributed by atoms with van der Waals surface area (Å²) < 4.78 is 27.0. The Morgan fingerprint density at radius 3 is 2.26 bits per heavy atom. The van der Waals surface area contributed by atoms with Crippen LogP contribution in [0.25, 0.3) is 22.4 Å². The maximum atomic E-state index is 13.5. The van der Waals surface area contributed by atoms with Crippen molar-refractivity contribution in [2.75, 3.05) is 5.32 Å². The lowest BCUT2D eigenvalue weighted by Crippen LogP contribution is -2.55. The van der Waals surface area contributed by atoms with Gasteiger partial charge in [0.1, 0.15) is 0 Å². The summed E-state index contributed by atoms with van der Waals surface area (Å²) in [4.78, 5) is 28.4.